The summed E-state index contributed by atoms with van der Waals surface area (Å²) in [7, 11) is 0. The van der Waals surface area contributed by atoms with Crippen molar-refractivity contribution in [2.24, 2.45) is 0 Å². The molecule has 0 atom stereocenters. The molecule has 1 aliphatic heterocycles. The SMILES string of the molecule is Cc1ccc(C(=O)N2CCc3nc4scc(C)c4c(=O)n3CC2)cn1. The molecule has 0 aromatic carbocycles. The molecule has 4 heterocycles. The van der Waals surface area contributed by atoms with Crippen molar-refractivity contribution < 1.29 is 4.79 Å². The average Bonchev–Trinajstić information content (AvgIpc) is 2.84. The lowest BCUT2D eigenvalue weighted by atomic mass is 10.2. The van der Waals surface area contributed by atoms with Crippen LogP contribution in [0.4, 0.5) is 0 Å². The normalized spacial score (nSPS) is 14.4. The molecule has 0 spiro atoms. The van der Waals surface area contributed by atoms with Gasteiger partial charge < -0.3 is 4.90 Å². The van der Waals surface area contributed by atoms with Crippen molar-refractivity contribution in [2.45, 2.75) is 26.8 Å². The first-order valence-electron chi connectivity index (χ1n) is 8.24. The van der Waals surface area contributed by atoms with Gasteiger partial charge in [0.05, 0.1) is 10.9 Å². The highest BCUT2D eigenvalue weighted by Gasteiger charge is 2.22. The predicted octanol–water partition coefficient (Wildman–Crippen LogP) is 2.17. The Kier molecular flexibility index (Phi) is 3.88. The number of aromatic nitrogens is 3. The van der Waals surface area contributed by atoms with Gasteiger partial charge in [-0.2, -0.15) is 0 Å². The van der Waals surface area contributed by atoms with E-state index in [4.69, 9.17) is 0 Å². The summed E-state index contributed by atoms with van der Waals surface area (Å²) in [6.45, 7) is 5.34. The molecule has 0 unspecified atom stereocenters. The van der Waals surface area contributed by atoms with Gasteiger partial charge in [0.25, 0.3) is 11.5 Å². The van der Waals surface area contributed by atoms with E-state index in [1.807, 2.05) is 25.3 Å². The van der Waals surface area contributed by atoms with E-state index in [0.717, 1.165) is 21.9 Å². The third kappa shape index (κ3) is 2.74. The molecule has 0 radical (unpaired) electrons. The molecule has 3 aromatic rings. The number of aryl methyl sites for hydroxylation is 2. The second kappa shape index (κ2) is 6.07. The molecule has 0 saturated carbocycles. The Hall–Kier alpha value is -2.54. The summed E-state index contributed by atoms with van der Waals surface area (Å²) in [6.07, 6.45) is 2.19. The Labute approximate surface area is 148 Å². The van der Waals surface area contributed by atoms with Crippen LogP contribution < -0.4 is 5.56 Å². The highest BCUT2D eigenvalue weighted by atomic mass is 32.1. The van der Waals surface area contributed by atoms with Gasteiger partial charge in [-0.3, -0.25) is 19.1 Å². The quantitative estimate of drug-likeness (QED) is 0.672. The number of thiophene rings is 1. The maximum absolute atomic E-state index is 12.8. The fraction of sp³-hybridized carbons (Fsp3) is 0.333. The minimum Gasteiger partial charge on any atom is -0.336 e. The molecule has 0 bridgehead atoms. The van der Waals surface area contributed by atoms with E-state index in [1.54, 1.807) is 21.7 Å². The lowest BCUT2D eigenvalue weighted by molar-refractivity contribution is 0.0758. The number of amides is 1. The summed E-state index contributed by atoms with van der Waals surface area (Å²) in [6, 6.07) is 3.63. The number of carbonyl (C=O) groups excluding carboxylic acids is 1. The lowest BCUT2D eigenvalue weighted by Gasteiger charge is -2.19. The molecule has 1 aliphatic rings. The maximum atomic E-state index is 12.8. The molecule has 7 heteroatoms. The van der Waals surface area contributed by atoms with Gasteiger partial charge in [-0.15, -0.1) is 11.3 Å². The molecule has 4 rings (SSSR count). The minimum absolute atomic E-state index is 0.00468. The minimum atomic E-state index is -0.0497. The molecule has 3 aromatic heterocycles. The Bertz CT molecular complexity index is 1020. The van der Waals surface area contributed by atoms with Crippen molar-refractivity contribution in [3.63, 3.8) is 0 Å². The number of hydrogen-bond donors (Lipinski definition) is 0. The Balaban J connectivity index is 1.65. The topological polar surface area (TPSA) is 68.1 Å². The fourth-order valence-electron chi connectivity index (χ4n) is 3.17. The molecule has 0 N–H and O–H groups in total. The van der Waals surface area contributed by atoms with Gasteiger partial charge in [-0.25, -0.2) is 4.98 Å². The van der Waals surface area contributed by atoms with Crippen LogP contribution in [0.2, 0.25) is 0 Å². The molecule has 0 aliphatic carbocycles. The Morgan fingerprint density at radius 2 is 2.04 bits per heavy atom. The van der Waals surface area contributed by atoms with Crippen LogP contribution in [-0.2, 0) is 13.0 Å². The first-order chi connectivity index (χ1) is 12.0. The Morgan fingerprint density at radius 3 is 2.80 bits per heavy atom. The number of carbonyl (C=O) groups is 1. The molecule has 0 saturated heterocycles. The zero-order valence-electron chi connectivity index (χ0n) is 14.2. The average molecular weight is 354 g/mol. The van der Waals surface area contributed by atoms with Crippen molar-refractivity contribution in [3.05, 3.63) is 56.7 Å². The van der Waals surface area contributed by atoms with Crippen LogP contribution in [0.1, 0.15) is 27.4 Å². The molecular weight excluding hydrogens is 336 g/mol. The largest absolute Gasteiger partial charge is 0.336 e. The van der Waals surface area contributed by atoms with Gasteiger partial charge in [0.15, 0.2) is 0 Å². The standard InChI is InChI=1S/C18H18N4O2S/c1-11-10-25-16-15(11)18(24)22-8-7-21(6-5-14(22)20-16)17(23)13-4-3-12(2)19-9-13/h3-4,9-10H,5-8H2,1-2H3. The first-order valence-corrected chi connectivity index (χ1v) is 9.12. The zero-order chi connectivity index (χ0) is 17.6. The highest BCUT2D eigenvalue weighted by Crippen LogP contribution is 2.21. The summed E-state index contributed by atoms with van der Waals surface area (Å²) in [5, 5.41) is 2.68. The van der Waals surface area contributed by atoms with Gasteiger partial charge in [0.2, 0.25) is 0 Å². The summed E-state index contributed by atoms with van der Waals surface area (Å²) >= 11 is 1.50. The number of rotatable bonds is 1. The summed E-state index contributed by atoms with van der Waals surface area (Å²) in [5.41, 5.74) is 2.43. The summed E-state index contributed by atoms with van der Waals surface area (Å²) in [4.78, 5) is 37.0. The number of pyridine rings is 1. The predicted molar refractivity (Wildman–Crippen MR) is 97.2 cm³/mol. The number of fused-ring (bicyclic) bond motifs is 2. The smallest absolute Gasteiger partial charge is 0.262 e. The van der Waals surface area contributed by atoms with Crippen molar-refractivity contribution in [1.29, 1.82) is 0 Å². The van der Waals surface area contributed by atoms with Gasteiger partial charge in [-0.1, -0.05) is 0 Å². The van der Waals surface area contributed by atoms with Crippen molar-refractivity contribution in [1.82, 2.24) is 19.4 Å². The molecule has 25 heavy (non-hydrogen) atoms. The monoisotopic (exact) mass is 354 g/mol. The molecule has 0 fully saturated rings. The molecule has 1 amide bonds. The summed E-state index contributed by atoms with van der Waals surface area (Å²) in [5.74, 6) is 0.711. The number of nitrogens with zero attached hydrogens (tertiary/aromatic N) is 4. The van der Waals surface area contributed by atoms with Crippen LogP contribution in [0.15, 0.2) is 28.5 Å². The Morgan fingerprint density at radius 1 is 1.20 bits per heavy atom. The second-order valence-corrected chi connectivity index (χ2v) is 7.17. The van der Waals surface area contributed by atoms with E-state index in [9.17, 15) is 9.59 Å². The third-order valence-corrected chi connectivity index (χ3v) is 5.59. The van der Waals surface area contributed by atoms with E-state index in [2.05, 4.69) is 9.97 Å². The van der Waals surface area contributed by atoms with E-state index >= 15 is 0 Å². The van der Waals surface area contributed by atoms with Gasteiger partial charge in [-0.05, 0) is 36.9 Å². The van der Waals surface area contributed by atoms with Crippen LogP contribution >= 0.6 is 11.3 Å². The maximum Gasteiger partial charge on any atom is 0.262 e. The third-order valence-electron chi connectivity index (χ3n) is 4.60. The van der Waals surface area contributed by atoms with Gasteiger partial charge in [0, 0.05) is 37.9 Å². The second-order valence-electron chi connectivity index (χ2n) is 6.31. The fourth-order valence-corrected chi connectivity index (χ4v) is 4.10. The van der Waals surface area contributed by atoms with E-state index in [0.29, 0.717) is 37.0 Å². The van der Waals surface area contributed by atoms with Gasteiger partial charge in [0.1, 0.15) is 10.7 Å². The van der Waals surface area contributed by atoms with Gasteiger partial charge >= 0.3 is 0 Å². The van der Waals surface area contributed by atoms with Crippen LogP contribution in [0.3, 0.4) is 0 Å². The van der Waals surface area contributed by atoms with Crippen LogP contribution in [0, 0.1) is 13.8 Å². The molecule has 128 valence electrons. The summed E-state index contributed by atoms with van der Waals surface area (Å²) < 4.78 is 1.72. The van der Waals surface area contributed by atoms with Crippen LogP contribution in [0.5, 0.6) is 0 Å². The van der Waals surface area contributed by atoms with E-state index < -0.39 is 0 Å². The number of hydrogen-bond acceptors (Lipinski definition) is 5. The van der Waals surface area contributed by atoms with E-state index in [-0.39, 0.29) is 11.5 Å². The highest BCUT2D eigenvalue weighted by molar-refractivity contribution is 7.16. The van der Waals surface area contributed by atoms with Crippen LogP contribution in [-0.4, -0.2) is 38.4 Å². The first kappa shape index (κ1) is 16.0. The van der Waals surface area contributed by atoms with Crippen molar-refractivity contribution in [3.8, 4) is 0 Å². The zero-order valence-corrected chi connectivity index (χ0v) is 15.0. The molecular formula is C18H18N4O2S. The van der Waals surface area contributed by atoms with Crippen molar-refractivity contribution >= 4 is 27.5 Å². The lowest BCUT2D eigenvalue weighted by Crippen LogP contribution is -2.34. The van der Waals surface area contributed by atoms with Crippen molar-refractivity contribution in [2.75, 3.05) is 13.1 Å². The van der Waals surface area contributed by atoms with Crippen LogP contribution in [0.25, 0.3) is 10.2 Å². The van der Waals surface area contributed by atoms with E-state index in [1.165, 1.54) is 11.3 Å². The molecule has 6 nitrogen and oxygen atoms in total.